The number of ether oxygens (including phenoxy) is 1. The topological polar surface area (TPSA) is 70.3 Å². The van der Waals surface area contributed by atoms with Crippen molar-refractivity contribution < 1.29 is 13.9 Å². The van der Waals surface area contributed by atoms with E-state index in [0.717, 1.165) is 51.6 Å². The van der Waals surface area contributed by atoms with Gasteiger partial charge in [0.05, 0.1) is 6.26 Å². The van der Waals surface area contributed by atoms with E-state index in [2.05, 4.69) is 46.4 Å². The third kappa shape index (κ3) is 5.28. The molecule has 0 atom stereocenters. The summed E-state index contributed by atoms with van der Waals surface area (Å²) in [6.45, 7) is 7.35. The van der Waals surface area contributed by atoms with Crippen molar-refractivity contribution in [1.82, 2.24) is 15.1 Å². The van der Waals surface area contributed by atoms with Crippen molar-refractivity contribution in [2.24, 2.45) is 4.99 Å². The lowest BCUT2D eigenvalue weighted by molar-refractivity contribution is 0.0507. The van der Waals surface area contributed by atoms with Gasteiger partial charge in [-0.15, -0.1) is 24.0 Å². The van der Waals surface area contributed by atoms with Crippen LogP contribution in [0, 0.1) is 6.92 Å². The van der Waals surface area contributed by atoms with E-state index >= 15 is 0 Å². The van der Waals surface area contributed by atoms with Crippen LogP contribution in [-0.4, -0.2) is 74.7 Å². The lowest BCUT2D eigenvalue weighted by Gasteiger charge is -2.41. The van der Waals surface area contributed by atoms with Crippen molar-refractivity contribution in [2.45, 2.75) is 25.2 Å². The summed E-state index contributed by atoms with van der Waals surface area (Å²) in [5.41, 5.74) is 2.76. The third-order valence-corrected chi connectivity index (χ3v) is 6.56. The molecule has 2 aromatic rings. The third-order valence-electron chi connectivity index (χ3n) is 6.56. The highest BCUT2D eigenvalue weighted by molar-refractivity contribution is 14.0. The largest absolute Gasteiger partial charge is 0.459 e. The van der Waals surface area contributed by atoms with E-state index in [9.17, 15) is 4.79 Å². The average Bonchev–Trinajstić information content (AvgIpc) is 3.35. The molecule has 174 valence electrons. The summed E-state index contributed by atoms with van der Waals surface area (Å²) < 4.78 is 10.9. The average molecular weight is 552 g/mol. The quantitative estimate of drug-likeness (QED) is 0.358. The fourth-order valence-electron chi connectivity index (χ4n) is 4.73. The SMILES string of the molecule is CN=C(NCC1(c2ccccc2C)CCOCC1)N1CCN(C(=O)c2ccco2)CC1.I. The fraction of sp³-hybridized carbons (Fsp3) is 0.500. The molecule has 8 heteroatoms. The van der Waals surface area contributed by atoms with Crippen LogP contribution in [0.3, 0.4) is 0 Å². The first-order chi connectivity index (χ1) is 15.1. The number of hydrogen-bond donors (Lipinski definition) is 1. The Balaban J connectivity index is 0.00000289. The second kappa shape index (κ2) is 11.2. The predicted molar refractivity (Wildman–Crippen MR) is 136 cm³/mol. The first-order valence-corrected chi connectivity index (χ1v) is 11.1. The van der Waals surface area contributed by atoms with Crippen LogP contribution in [-0.2, 0) is 10.2 Å². The highest BCUT2D eigenvalue weighted by atomic mass is 127. The Morgan fingerprint density at radius 2 is 1.75 bits per heavy atom. The number of furan rings is 1. The van der Waals surface area contributed by atoms with Crippen LogP contribution in [0.5, 0.6) is 0 Å². The lowest BCUT2D eigenvalue weighted by atomic mass is 9.72. The van der Waals surface area contributed by atoms with E-state index in [-0.39, 0.29) is 35.3 Å². The standard InChI is InChI=1S/C24H32N4O3.HI/c1-19-6-3-4-7-20(19)24(9-16-30-17-10-24)18-26-23(25-2)28-13-11-27(12-14-28)22(29)21-8-5-15-31-21;/h3-8,15H,9-14,16-18H2,1-2H3,(H,25,26);1H. The van der Waals surface area contributed by atoms with Crippen LogP contribution < -0.4 is 5.32 Å². The maximum atomic E-state index is 12.5. The number of piperazine rings is 1. The minimum absolute atomic E-state index is 0. The number of amides is 1. The van der Waals surface area contributed by atoms with Gasteiger partial charge in [0.2, 0.25) is 0 Å². The smallest absolute Gasteiger partial charge is 0.289 e. The van der Waals surface area contributed by atoms with Gasteiger partial charge >= 0.3 is 0 Å². The zero-order valence-electron chi connectivity index (χ0n) is 18.9. The molecule has 2 aliphatic rings. The van der Waals surface area contributed by atoms with Crippen LogP contribution in [0.1, 0.15) is 34.5 Å². The Labute approximate surface area is 207 Å². The molecule has 2 fully saturated rings. The number of rotatable bonds is 4. The molecule has 0 radical (unpaired) electrons. The highest BCUT2D eigenvalue weighted by Crippen LogP contribution is 2.36. The second-order valence-electron chi connectivity index (χ2n) is 8.36. The molecule has 1 N–H and O–H groups in total. The molecule has 0 spiro atoms. The van der Waals surface area contributed by atoms with Gasteiger partial charge in [-0.3, -0.25) is 9.79 Å². The molecule has 2 saturated heterocycles. The zero-order chi connectivity index (χ0) is 21.7. The van der Waals surface area contributed by atoms with E-state index < -0.39 is 0 Å². The van der Waals surface area contributed by atoms with Crippen molar-refractivity contribution >= 4 is 35.8 Å². The summed E-state index contributed by atoms with van der Waals surface area (Å²) in [5, 5.41) is 3.65. The van der Waals surface area contributed by atoms with Gasteiger partial charge in [0.25, 0.3) is 5.91 Å². The molecule has 1 aromatic carbocycles. The molecule has 0 aliphatic carbocycles. The number of nitrogens with zero attached hydrogens (tertiary/aromatic N) is 3. The Bertz CT molecular complexity index is 902. The summed E-state index contributed by atoms with van der Waals surface area (Å²) in [4.78, 5) is 21.1. The van der Waals surface area contributed by atoms with Gasteiger partial charge in [0, 0.05) is 58.4 Å². The van der Waals surface area contributed by atoms with Gasteiger partial charge in [0.1, 0.15) is 0 Å². The minimum Gasteiger partial charge on any atom is -0.459 e. The Morgan fingerprint density at radius 3 is 2.38 bits per heavy atom. The first kappa shape index (κ1) is 24.6. The summed E-state index contributed by atoms with van der Waals surface area (Å²) in [5.74, 6) is 1.24. The van der Waals surface area contributed by atoms with Gasteiger partial charge in [-0.1, -0.05) is 24.3 Å². The molecule has 32 heavy (non-hydrogen) atoms. The molecule has 1 aromatic heterocycles. The van der Waals surface area contributed by atoms with E-state index in [4.69, 9.17) is 9.15 Å². The summed E-state index contributed by atoms with van der Waals surface area (Å²) in [6, 6.07) is 12.1. The van der Waals surface area contributed by atoms with Crippen molar-refractivity contribution in [2.75, 3.05) is 53.0 Å². The molecule has 0 unspecified atom stereocenters. The van der Waals surface area contributed by atoms with Gasteiger partial charge in [0.15, 0.2) is 11.7 Å². The van der Waals surface area contributed by atoms with E-state index in [0.29, 0.717) is 18.8 Å². The molecule has 1 amide bonds. The maximum absolute atomic E-state index is 12.5. The van der Waals surface area contributed by atoms with Crippen LogP contribution in [0.25, 0.3) is 0 Å². The summed E-state index contributed by atoms with van der Waals surface area (Å²) in [7, 11) is 1.83. The van der Waals surface area contributed by atoms with Crippen molar-refractivity contribution in [3.8, 4) is 0 Å². The Hall–Kier alpha value is -2.07. The monoisotopic (exact) mass is 552 g/mol. The zero-order valence-corrected chi connectivity index (χ0v) is 21.2. The summed E-state index contributed by atoms with van der Waals surface area (Å²) in [6.07, 6.45) is 3.52. The number of benzene rings is 1. The lowest BCUT2D eigenvalue weighted by Crippen LogP contribution is -2.55. The second-order valence-corrected chi connectivity index (χ2v) is 8.36. The number of aliphatic imine (C=N–C) groups is 1. The molecule has 3 heterocycles. The van der Waals surface area contributed by atoms with Crippen LogP contribution >= 0.6 is 24.0 Å². The number of guanidine groups is 1. The van der Waals surface area contributed by atoms with Crippen LogP contribution in [0.15, 0.2) is 52.1 Å². The molecule has 7 nitrogen and oxygen atoms in total. The van der Waals surface area contributed by atoms with Gasteiger partial charge < -0.3 is 24.3 Å². The number of halogens is 1. The van der Waals surface area contributed by atoms with Gasteiger partial charge in [-0.25, -0.2) is 0 Å². The molecular weight excluding hydrogens is 519 g/mol. The minimum atomic E-state index is -0.0479. The van der Waals surface area contributed by atoms with Gasteiger partial charge in [-0.05, 0) is 43.0 Å². The molecule has 4 rings (SSSR count). The van der Waals surface area contributed by atoms with E-state index in [1.54, 1.807) is 12.1 Å². The molecular formula is C24H33IN4O3. The maximum Gasteiger partial charge on any atom is 0.289 e. The van der Waals surface area contributed by atoms with Crippen LogP contribution in [0.2, 0.25) is 0 Å². The van der Waals surface area contributed by atoms with Crippen molar-refractivity contribution in [1.29, 1.82) is 0 Å². The molecule has 0 saturated carbocycles. The Kier molecular flexibility index (Phi) is 8.58. The fourth-order valence-corrected chi connectivity index (χ4v) is 4.73. The molecule has 0 bridgehead atoms. The van der Waals surface area contributed by atoms with E-state index in [1.165, 1.54) is 17.4 Å². The molecule has 2 aliphatic heterocycles. The van der Waals surface area contributed by atoms with Crippen molar-refractivity contribution in [3.05, 3.63) is 59.5 Å². The number of hydrogen-bond acceptors (Lipinski definition) is 4. The Morgan fingerprint density at radius 1 is 1.06 bits per heavy atom. The van der Waals surface area contributed by atoms with Crippen LogP contribution in [0.4, 0.5) is 0 Å². The van der Waals surface area contributed by atoms with E-state index in [1.807, 2.05) is 11.9 Å². The highest BCUT2D eigenvalue weighted by Gasteiger charge is 2.36. The number of carbonyl (C=O) groups is 1. The number of carbonyl (C=O) groups excluding carboxylic acids is 1. The number of nitrogens with one attached hydrogen (secondary N) is 1. The number of aryl methyl sites for hydroxylation is 1. The predicted octanol–water partition coefficient (Wildman–Crippen LogP) is 3.29. The van der Waals surface area contributed by atoms with Crippen molar-refractivity contribution in [3.63, 3.8) is 0 Å². The van der Waals surface area contributed by atoms with Gasteiger partial charge in [-0.2, -0.15) is 0 Å². The first-order valence-electron chi connectivity index (χ1n) is 11.1. The summed E-state index contributed by atoms with van der Waals surface area (Å²) >= 11 is 0. The normalized spacial score (nSPS) is 18.8.